The van der Waals surface area contributed by atoms with Gasteiger partial charge in [-0.05, 0) is 19.1 Å². The number of nitrogens with one attached hydrogen (secondary N) is 1. The second-order valence-electron chi connectivity index (χ2n) is 5.10. The third kappa shape index (κ3) is 3.93. The fourth-order valence-electron chi connectivity index (χ4n) is 2.48. The minimum absolute atomic E-state index is 0.198. The third-order valence-corrected chi connectivity index (χ3v) is 3.71. The summed E-state index contributed by atoms with van der Waals surface area (Å²) in [5.74, 6) is 0. The minimum Gasteiger partial charge on any atom is -0.384 e. The maximum Gasteiger partial charge on any atom is 0.0971 e. The number of aryl methyl sites for hydroxylation is 1. The van der Waals surface area contributed by atoms with Crippen LogP contribution in [0.25, 0.3) is 0 Å². The minimum atomic E-state index is 0.198. The van der Waals surface area contributed by atoms with Gasteiger partial charge in [-0.25, -0.2) is 0 Å². The summed E-state index contributed by atoms with van der Waals surface area (Å²) in [7, 11) is 3.51. The molecule has 1 fully saturated rings. The summed E-state index contributed by atoms with van der Waals surface area (Å²) < 4.78 is 10.9. The second kappa shape index (κ2) is 6.89. The van der Waals surface area contributed by atoms with Crippen LogP contribution in [0, 0.1) is 6.92 Å². The number of hydrogen-bond donors (Lipinski definition) is 1. The Morgan fingerprint density at radius 2 is 1.68 bits per heavy atom. The van der Waals surface area contributed by atoms with E-state index in [0.717, 1.165) is 26.2 Å². The van der Waals surface area contributed by atoms with Crippen LogP contribution in [0.3, 0.4) is 0 Å². The fourth-order valence-corrected chi connectivity index (χ4v) is 2.48. The van der Waals surface area contributed by atoms with E-state index >= 15 is 0 Å². The lowest BCUT2D eigenvalue weighted by Crippen LogP contribution is -2.28. The molecule has 4 heteroatoms. The van der Waals surface area contributed by atoms with Gasteiger partial charge in [0.25, 0.3) is 0 Å². The molecule has 1 aromatic rings. The first-order valence-corrected chi connectivity index (χ1v) is 6.81. The maximum absolute atomic E-state index is 5.44. The lowest BCUT2D eigenvalue weighted by atomic mass is 10.2. The predicted molar refractivity (Wildman–Crippen MR) is 77.7 cm³/mol. The van der Waals surface area contributed by atoms with Crippen LogP contribution >= 0.6 is 0 Å². The summed E-state index contributed by atoms with van der Waals surface area (Å²) in [6.07, 6.45) is 0.397. The molecule has 106 valence electrons. The summed E-state index contributed by atoms with van der Waals surface area (Å²) in [6, 6.07) is 8.49. The number of hydrogen-bond acceptors (Lipinski definition) is 4. The monoisotopic (exact) mass is 264 g/mol. The van der Waals surface area contributed by atoms with Crippen molar-refractivity contribution in [3.8, 4) is 0 Å². The Labute approximate surface area is 115 Å². The van der Waals surface area contributed by atoms with Gasteiger partial charge in [0.15, 0.2) is 0 Å². The number of likely N-dealkylation sites (tertiary alicyclic amines) is 1. The Hall–Kier alpha value is -1.10. The molecule has 0 aliphatic carbocycles. The van der Waals surface area contributed by atoms with Gasteiger partial charge < -0.3 is 14.8 Å². The van der Waals surface area contributed by atoms with Gasteiger partial charge in [0.2, 0.25) is 0 Å². The molecule has 2 unspecified atom stereocenters. The standard InChI is InChI=1S/C15H24N2O2/c1-12-4-6-13(7-5-12)16-8-9-17-10-14(18-2)15(11-17)19-3/h4-7,14-16H,8-11H2,1-3H3. The summed E-state index contributed by atoms with van der Waals surface area (Å²) in [5, 5.41) is 3.44. The molecular formula is C15H24N2O2. The number of anilines is 1. The molecule has 0 spiro atoms. The number of ether oxygens (including phenoxy) is 2. The topological polar surface area (TPSA) is 33.7 Å². The van der Waals surface area contributed by atoms with Gasteiger partial charge in [-0.3, -0.25) is 4.90 Å². The number of rotatable bonds is 6. The quantitative estimate of drug-likeness (QED) is 0.849. The van der Waals surface area contributed by atoms with Crippen molar-refractivity contribution >= 4 is 5.69 Å². The van der Waals surface area contributed by atoms with Crippen LogP contribution in [-0.4, -0.2) is 57.5 Å². The molecule has 4 nitrogen and oxygen atoms in total. The second-order valence-corrected chi connectivity index (χ2v) is 5.10. The molecule has 19 heavy (non-hydrogen) atoms. The van der Waals surface area contributed by atoms with E-state index in [4.69, 9.17) is 9.47 Å². The predicted octanol–water partition coefficient (Wildman–Crippen LogP) is 1.75. The average Bonchev–Trinajstić information content (AvgIpc) is 2.83. The molecule has 1 aliphatic rings. The van der Waals surface area contributed by atoms with E-state index in [0.29, 0.717) is 0 Å². The molecule has 0 amide bonds. The first kappa shape index (κ1) is 14.3. The highest BCUT2D eigenvalue weighted by molar-refractivity contribution is 5.44. The first-order valence-electron chi connectivity index (χ1n) is 6.81. The third-order valence-electron chi connectivity index (χ3n) is 3.71. The number of methoxy groups -OCH3 is 2. The van der Waals surface area contributed by atoms with Crippen LogP contribution in [-0.2, 0) is 9.47 Å². The van der Waals surface area contributed by atoms with Crippen molar-refractivity contribution in [1.29, 1.82) is 0 Å². The van der Waals surface area contributed by atoms with E-state index in [1.807, 2.05) is 0 Å². The van der Waals surface area contributed by atoms with Crippen LogP contribution in [0.2, 0.25) is 0 Å². The van der Waals surface area contributed by atoms with Crippen LogP contribution in [0.4, 0.5) is 5.69 Å². The SMILES string of the molecule is COC1CN(CCNc2ccc(C)cc2)CC1OC. The zero-order valence-corrected chi connectivity index (χ0v) is 12.1. The van der Waals surface area contributed by atoms with E-state index in [9.17, 15) is 0 Å². The summed E-state index contributed by atoms with van der Waals surface area (Å²) in [6.45, 7) is 5.95. The molecular weight excluding hydrogens is 240 g/mol. The lowest BCUT2D eigenvalue weighted by Gasteiger charge is -2.16. The van der Waals surface area contributed by atoms with Gasteiger partial charge in [-0.1, -0.05) is 17.7 Å². The molecule has 1 aliphatic heterocycles. The molecule has 2 rings (SSSR count). The largest absolute Gasteiger partial charge is 0.384 e. The molecule has 1 saturated heterocycles. The van der Waals surface area contributed by atoms with Crippen molar-refractivity contribution in [1.82, 2.24) is 4.90 Å². The van der Waals surface area contributed by atoms with Gasteiger partial charge in [0, 0.05) is 46.1 Å². The van der Waals surface area contributed by atoms with Gasteiger partial charge in [-0.15, -0.1) is 0 Å². The summed E-state index contributed by atoms with van der Waals surface area (Å²) in [5.41, 5.74) is 2.47. The van der Waals surface area contributed by atoms with Crippen LogP contribution in [0.1, 0.15) is 5.56 Å². The van der Waals surface area contributed by atoms with E-state index in [1.54, 1.807) is 14.2 Å². The molecule has 0 bridgehead atoms. The Bertz CT molecular complexity index is 368. The zero-order valence-electron chi connectivity index (χ0n) is 12.1. The Morgan fingerprint density at radius 1 is 1.11 bits per heavy atom. The Morgan fingerprint density at radius 3 is 2.21 bits per heavy atom. The smallest absolute Gasteiger partial charge is 0.0971 e. The molecule has 0 aromatic heterocycles. The Balaban J connectivity index is 1.73. The average molecular weight is 264 g/mol. The highest BCUT2D eigenvalue weighted by Gasteiger charge is 2.32. The highest BCUT2D eigenvalue weighted by atomic mass is 16.5. The van der Waals surface area contributed by atoms with Gasteiger partial charge >= 0.3 is 0 Å². The zero-order chi connectivity index (χ0) is 13.7. The van der Waals surface area contributed by atoms with Crippen LogP contribution in [0.15, 0.2) is 24.3 Å². The van der Waals surface area contributed by atoms with Crippen molar-refractivity contribution in [3.63, 3.8) is 0 Å². The number of benzene rings is 1. The van der Waals surface area contributed by atoms with E-state index in [-0.39, 0.29) is 12.2 Å². The first-order chi connectivity index (χ1) is 9.22. The van der Waals surface area contributed by atoms with Crippen molar-refractivity contribution in [3.05, 3.63) is 29.8 Å². The van der Waals surface area contributed by atoms with E-state index in [2.05, 4.69) is 41.4 Å². The summed E-state index contributed by atoms with van der Waals surface area (Å²) in [4.78, 5) is 2.38. The molecule has 2 atom stereocenters. The molecule has 1 aromatic carbocycles. The van der Waals surface area contributed by atoms with Gasteiger partial charge in [0.05, 0.1) is 12.2 Å². The van der Waals surface area contributed by atoms with Crippen molar-refractivity contribution in [2.75, 3.05) is 45.7 Å². The van der Waals surface area contributed by atoms with Crippen molar-refractivity contribution in [2.45, 2.75) is 19.1 Å². The van der Waals surface area contributed by atoms with E-state index in [1.165, 1.54) is 11.3 Å². The Kier molecular flexibility index (Phi) is 5.19. The molecule has 0 saturated carbocycles. The maximum atomic E-state index is 5.44. The molecule has 1 N–H and O–H groups in total. The molecule has 0 radical (unpaired) electrons. The fraction of sp³-hybridized carbons (Fsp3) is 0.600. The van der Waals surface area contributed by atoms with Crippen molar-refractivity contribution in [2.24, 2.45) is 0 Å². The van der Waals surface area contributed by atoms with Crippen LogP contribution in [0.5, 0.6) is 0 Å². The molecule has 1 heterocycles. The van der Waals surface area contributed by atoms with E-state index < -0.39 is 0 Å². The number of nitrogens with zero attached hydrogens (tertiary/aromatic N) is 1. The summed E-state index contributed by atoms with van der Waals surface area (Å²) >= 11 is 0. The highest BCUT2D eigenvalue weighted by Crippen LogP contribution is 2.15. The normalized spacial score (nSPS) is 23.7. The van der Waals surface area contributed by atoms with Crippen molar-refractivity contribution < 1.29 is 9.47 Å². The van der Waals surface area contributed by atoms with Crippen LogP contribution < -0.4 is 5.32 Å². The lowest BCUT2D eigenvalue weighted by molar-refractivity contribution is -0.00461. The van der Waals surface area contributed by atoms with Gasteiger partial charge in [-0.2, -0.15) is 0 Å². The van der Waals surface area contributed by atoms with Gasteiger partial charge in [0.1, 0.15) is 0 Å².